The van der Waals surface area contributed by atoms with E-state index < -0.39 is 23.0 Å². The van der Waals surface area contributed by atoms with Crippen molar-refractivity contribution >= 4 is 16.7 Å². The number of halogens is 2. The average molecular weight is 493 g/mol. The first kappa shape index (κ1) is 23.1. The number of fused-ring (bicyclic) bond motifs is 4. The molecule has 0 unspecified atom stereocenters. The third kappa shape index (κ3) is 3.32. The molecule has 37 heavy (non-hydrogen) atoms. The maximum Gasteiger partial charge on any atom is 0.226 e. The van der Waals surface area contributed by atoms with Crippen molar-refractivity contribution in [2.24, 2.45) is 11.8 Å². The van der Waals surface area contributed by atoms with Gasteiger partial charge in [0.25, 0.3) is 0 Å². The molecule has 2 aromatic carbocycles. The normalized spacial score (nSPS) is 22.4. The fourth-order valence-corrected chi connectivity index (χ4v) is 5.98. The van der Waals surface area contributed by atoms with Crippen LogP contribution in [0.15, 0.2) is 60.3 Å². The molecule has 0 bridgehead atoms. The lowest BCUT2D eigenvalue weighted by molar-refractivity contribution is -0.121. The SMILES string of the molecule is [C-]#[N+]C1=C[C@@]2(C)c3nc(-c4cc(C)nc5c(F)cccc45)nc(-c4ccccc4F)c3C[C@@H]2[C@@H](C)C1=O. The Hall–Kier alpha value is -4.31. The van der Waals surface area contributed by atoms with Gasteiger partial charge in [-0.2, -0.15) is 0 Å². The van der Waals surface area contributed by atoms with Crippen LogP contribution in [0.25, 0.3) is 38.4 Å². The van der Waals surface area contributed by atoms with Gasteiger partial charge < -0.3 is 4.79 Å². The van der Waals surface area contributed by atoms with Gasteiger partial charge in [0.15, 0.2) is 11.6 Å². The van der Waals surface area contributed by atoms with Crippen LogP contribution in [0.3, 0.4) is 0 Å². The summed E-state index contributed by atoms with van der Waals surface area (Å²) >= 11 is 0. The van der Waals surface area contributed by atoms with Crippen molar-refractivity contribution in [2.45, 2.75) is 32.6 Å². The van der Waals surface area contributed by atoms with Crippen LogP contribution < -0.4 is 0 Å². The van der Waals surface area contributed by atoms with Gasteiger partial charge in [-0.25, -0.2) is 28.6 Å². The quantitative estimate of drug-likeness (QED) is 0.304. The van der Waals surface area contributed by atoms with Crippen molar-refractivity contribution in [3.8, 4) is 22.6 Å². The molecule has 0 spiro atoms. The Labute approximate surface area is 212 Å². The molecule has 2 aromatic heterocycles. The number of hydrogen-bond donors (Lipinski definition) is 0. The second kappa shape index (κ2) is 8.10. The molecule has 3 atom stereocenters. The highest BCUT2D eigenvalue weighted by Crippen LogP contribution is 2.53. The number of rotatable bonds is 2. The van der Waals surface area contributed by atoms with E-state index in [1.54, 1.807) is 49.4 Å². The summed E-state index contributed by atoms with van der Waals surface area (Å²) in [6, 6.07) is 13.0. The lowest BCUT2D eigenvalue weighted by Gasteiger charge is -2.36. The van der Waals surface area contributed by atoms with Crippen LogP contribution in [0.4, 0.5) is 8.78 Å². The number of carbonyl (C=O) groups excluding carboxylic acids is 1. The zero-order chi connectivity index (χ0) is 26.1. The number of carbonyl (C=O) groups is 1. The molecule has 0 saturated heterocycles. The smallest absolute Gasteiger partial charge is 0.226 e. The van der Waals surface area contributed by atoms with Crippen LogP contribution in [0.1, 0.15) is 30.8 Å². The van der Waals surface area contributed by atoms with Crippen molar-refractivity contribution in [3.63, 3.8) is 0 Å². The summed E-state index contributed by atoms with van der Waals surface area (Å²) in [5, 5.41) is 0.550. The third-order valence-electron chi connectivity index (χ3n) is 7.83. The Morgan fingerprint density at radius 1 is 1.03 bits per heavy atom. The van der Waals surface area contributed by atoms with E-state index in [-0.39, 0.29) is 22.9 Å². The van der Waals surface area contributed by atoms with E-state index in [1.807, 2.05) is 13.8 Å². The number of para-hydroxylation sites is 1. The summed E-state index contributed by atoms with van der Waals surface area (Å²) in [6.07, 6.45) is 2.20. The molecule has 182 valence electrons. The minimum absolute atomic E-state index is 0.0963. The van der Waals surface area contributed by atoms with Crippen LogP contribution in [-0.2, 0) is 16.6 Å². The fraction of sp³-hybridized carbons (Fsp3) is 0.233. The minimum Gasteiger partial charge on any atom is -0.308 e. The molecule has 0 N–H and O–H groups in total. The fourth-order valence-electron chi connectivity index (χ4n) is 5.98. The number of allylic oxidation sites excluding steroid dienone is 2. The molecule has 0 saturated carbocycles. The lowest BCUT2D eigenvalue weighted by Crippen LogP contribution is -2.39. The van der Waals surface area contributed by atoms with Crippen LogP contribution in [0, 0.1) is 37.0 Å². The highest BCUT2D eigenvalue weighted by atomic mass is 19.1. The maximum absolute atomic E-state index is 15.1. The molecule has 2 heterocycles. The van der Waals surface area contributed by atoms with Crippen LogP contribution in [0.5, 0.6) is 0 Å². The molecule has 0 radical (unpaired) electrons. The summed E-state index contributed by atoms with van der Waals surface area (Å²) < 4.78 is 29.8. The Balaban J connectivity index is 1.71. The molecule has 5 nitrogen and oxygen atoms in total. The summed E-state index contributed by atoms with van der Waals surface area (Å²) in [6.45, 7) is 13.2. The van der Waals surface area contributed by atoms with E-state index in [0.717, 1.165) is 5.56 Å². The number of aryl methyl sites for hydroxylation is 1. The first-order valence-electron chi connectivity index (χ1n) is 12.1. The van der Waals surface area contributed by atoms with Gasteiger partial charge >= 0.3 is 0 Å². The number of hydrogen-bond acceptors (Lipinski definition) is 4. The highest BCUT2D eigenvalue weighted by molar-refractivity contribution is 6.00. The zero-order valence-electron chi connectivity index (χ0n) is 20.5. The molecule has 7 heteroatoms. The first-order chi connectivity index (χ1) is 17.7. The lowest BCUT2D eigenvalue weighted by atomic mass is 9.67. The molecule has 2 aliphatic carbocycles. The Morgan fingerprint density at radius 3 is 2.54 bits per heavy atom. The molecule has 0 amide bonds. The molecule has 0 aliphatic heterocycles. The standard InChI is InChI=1S/C30H22F2N4O/c1-15-12-19(17-9-7-11-23(32)26(17)34-15)29-35-25(18-8-5-6-10-22(18)31)20-13-21-16(2)27(37)24(33-4)14-30(21,3)28(20)36-29/h5-12,14,16,21H,13H2,1-3H3/t16-,21-,30-/m1/s1. The summed E-state index contributed by atoms with van der Waals surface area (Å²) in [4.78, 5) is 30.6. The summed E-state index contributed by atoms with van der Waals surface area (Å²) in [5.74, 6) is -1.28. The van der Waals surface area contributed by atoms with E-state index >= 15 is 4.39 Å². The van der Waals surface area contributed by atoms with Gasteiger partial charge in [0.1, 0.15) is 17.2 Å². The topological polar surface area (TPSA) is 60.1 Å². The Bertz CT molecular complexity index is 1720. The van der Waals surface area contributed by atoms with E-state index in [1.165, 1.54) is 12.1 Å². The number of Topliss-reactive ketones (excluding diaryl/α,β-unsaturated/α-hetero) is 1. The van der Waals surface area contributed by atoms with Crippen LogP contribution >= 0.6 is 0 Å². The average Bonchev–Trinajstić information content (AvgIpc) is 3.19. The number of benzene rings is 2. The molecule has 2 aliphatic rings. The van der Waals surface area contributed by atoms with Crippen molar-refractivity contribution in [1.82, 2.24) is 15.0 Å². The van der Waals surface area contributed by atoms with Gasteiger partial charge in [-0.05, 0) is 43.5 Å². The van der Waals surface area contributed by atoms with Crippen molar-refractivity contribution < 1.29 is 13.6 Å². The van der Waals surface area contributed by atoms with Crippen LogP contribution in [0.2, 0.25) is 0 Å². The molecule has 0 fully saturated rings. The molecule has 4 aromatic rings. The van der Waals surface area contributed by atoms with Crippen molar-refractivity contribution in [2.75, 3.05) is 0 Å². The highest BCUT2D eigenvalue weighted by Gasteiger charge is 2.52. The largest absolute Gasteiger partial charge is 0.308 e. The van der Waals surface area contributed by atoms with Gasteiger partial charge in [0, 0.05) is 39.1 Å². The second-order valence-electron chi connectivity index (χ2n) is 10.0. The van der Waals surface area contributed by atoms with Gasteiger partial charge in [0.05, 0.1) is 18.0 Å². The second-order valence-corrected chi connectivity index (χ2v) is 10.0. The predicted molar refractivity (Wildman–Crippen MR) is 136 cm³/mol. The monoisotopic (exact) mass is 492 g/mol. The van der Waals surface area contributed by atoms with Gasteiger partial charge in [-0.1, -0.05) is 44.2 Å². The Morgan fingerprint density at radius 2 is 1.78 bits per heavy atom. The van der Waals surface area contributed by atoms with Crippen molar-refractivity contribution in [3.05, 3.63) is 100 Å². The van der Waals surface area contributed by atoms with Gasteiger partial charge in [-0.3, -0.25) is 0 Å². The number of pyridine rings is 1. The predicted octanol–water partition coefficient (Wildman–Crippen LogP) is 6.40. The number of aromatic nitrogens is 3. The van der Waals surface area contributed by atoms with Crippen LogP contribution in [-0.4, -0.2) is 20.7 Å². The maximum atomic E-state index is 15.1. The number of ketones is 1. The Kier molecular flexibility index (Phi) is 5.06. The van der Waals surface area contributed by atoms with E-state index in [9.17, 15) is 9.18 Å². The first-order valence-corrected chi connectivity index (χ1v) is 12.1. The molecular weight excluding hydrogens is 470 g/mol. The van der Waals surface area contributed by atoms with E-state index in [4.69, 9.17) is 16.5 Å². The van der Waals surface area contributed by atoms with E-state index in [0.29, 0.717) is 45.8 Å². The summed E-state index contributed by atoms with van der Waals surface area (Å²) in [5.41, 5.74) is 2.99. The van der Waals surface area contributed by atoms with Crippen molar-refractivity contribution in [1.29, 1.82) is 0 Å². The third-order valence-corrected chi connectivity index (χ3v) is 7.83. The number of nitrogens with zero attached hydrogens (tertiary/aromatic N) is 4. The summed E-state index contributed by atoms with van der Waals surface area (Å²) in [7, 11) is 0. The van der Waals surface area contributed by atoms with E-state index in [2.05, 4.69) is 9.83 Å². The van der Waals surface area contributed by atoms with Gasteiger partial charge in [-0.15, -0.1) is 0 Å². The molecule has 6 rings (SSSR count). The molecular formula is C30H22F2N4O. The van der Waals surface area contributed by atoms with Gasteiger partial charge in [0.2, 0.25) is 5.70 Å². The minimum atomic E-state index is -0.719. The zero-order valence-corrected chi connectivity index (χ0v) is 20.5.